The standard InChI is InChI=1S/C23H17ClFN3O2/c24-18-12-15(10-11-19(18)25)13-26-21(29)14-28-20-9-5-4-8-17(20)22(27-23(28)30)16-6-2-1-3-7-16/h1-12H,13-14H2,(H,26,29). The summed E-state index contributed by atoms with van der Waals surface area (Å²) >= 11 is 5.77. The first-order chi connectivity index (χ1) is 14.5. The summed E-state index contributed by atoms with van der Waals surface area (Å²) in [7, 11) is 0. The summed E-state index contributed by atoms with van der Waals surface area (Å²) in [6, 6.07) is 21.0. The van der Waals surface area contributed by atoms with Crippen LogP contribution in [0.3, 0.4) is 0 Å². The molecule has 30 heavy (non-hydrogen) atoms. The molecule has 0 saturated carbocycles. The highest BCUT2D eigenvalue weighted by Gasteiger charge is 2.14. The number of amides is 1. The van der Waals surface area contributed by atoms with Crippen LogP contribution in [0.5, 0.6) is 0 Å². The number of fused-ring (bicyclic) bond motifs is 1. The second-order valence-electron chi connectivity index (χ2n) is 6.74. The lowest BCUT2D eigenvalue weighted by Gasteiger charge is -2.13. The Morgan fingerprint density at radius 1 is 1.03 bits per heavy atom. The molecule has 0 aliphatic heterocycles. The maximum atomic E-state index is 13.3. The van der Waals surface area contributed by atoms with E-state index in [0.29, 0.717) is 16.8 Å². The molecule has 0 aliphatic carbocycles. The number of carbonyl (C=O) groups is 1. The maximum Gasteiger partial charge on any atom is 0.349 e. The molecule has 0 spiro atoms. The highest BCUT2D eigenvalue weighted by atomic mass is 35.5. The number of para-hydroxylation sites is 1. The molecule has 4 rings (SSSR count). The van der Waals surface area contributed by atoms with E-state index in [-0.39, 0.29) is 24.0 Å². The molecule has 7 heteroatoms. The minimum atomic E-state index is -0.519. The Balaban J connectivity index is 1.61. The fraction of sp³-hybridized carbons (Fsp3) is 0.0870. The van der Waals surface area contributed by atoms with Crippen LogP contribution in [0, 0.1) is 5.82 Å². The fourth-order valence-corrected chi connectivity index (χ4v) is 3.45. The monoisotopic (exact) mass is 421 g/mol. The summed E-state index contributed by atoms with van der Waals surface area (Å²) < 4.78 is 14.6. The Kier molecular flexibility index (Phi) is 5.59. The van der Waals surface area contributed by atoms with Gasteiger partial charge in [0, 0.05) is 17.5 Å². The number of rotatable bonds is 5. The van der Waals surface area contributed by atoms with Crippen LogP contribution in [-0.2, 0) is 17.9 Å². The van der Waals surface area contributed by atoms with Crippen LogP contribution < -0.4 is 11.0 Å². The van der Waals surface area contributed by atoms with Crippen molar-refractivity contribution in [2.45, 2.75) is 13.1 Å². The molecule has 1 amide bonds. The van der Waals surface area contributed by atoms with Gasteiger partial charge in [-0.25, -0.2) is 9.18 Å². The van der Waals surface area contributed by atoms with E-state index in [4.69, 9.17) is 11.6 Å². The molecule has 0 radical (unpaired) electrons. The molecule has 0 bridgehead atoms. The first-order valence-corrected chi connectivity index (χ1v) is 9.66. The zero-order valence-electron chi connectivity index (χ0n) is 15.8. The Hall–Kier alpha value is -3.51. The topological polar surface area (TPSA) is 64.0 Å². The first-order valence-electron chi connectivity index (χ1n) is 9.28. The smallest absolute Gasteiger partial charge is 0.349 e. The van der Waals surface area contributed by atoms with Crippen LogP contribution in [0.15, 0.2) is 77.6 Å². The quantitative estimate of drug-likeness (QED) is 0.526. The first kappa shape index (κ1) is 19.8. The van der Waals surface area contributed by atoms with E-state index in [0.717, 1.165) is 10.9 Å². The van der Waals surface area contributed by atoms with Gasteiger partial charge in [0.1, 0.15) is 12.4 Å². The van der Waals surface area contributed by atoms with Crippen LogP contribution in [0.1, 0.15) is 5.56 Å². The second-order valence-corrected chi connectivity index (χ2v) is 7.14. The predicted octanol–water partition coefficient (Wildman–Crippen LogP) is 4.17. The number of hydrogen-bond donors (Lipinski definition) is 1. The third kappa shape index (κ3) is 4.09. The van der Waals surface area contributed by atoms with E-state index in [2.05, 4.69) is 10.3 Å². The number of aromatic nitrogens is 2. The van der Waals surface area contributed by atoms with Gasteiger partial charge in [-0.3, -0.25) is 9.36 Å². The number of carbonyl (C=O) groups excluding carboxylic acids is 1. The molecule has 5 nitrogen and oxygen atoms in total. The summed E-state index contributed by atoms with van der Waals surface area (Å²) in [6.07, 6.45) is 0. The van der Waals surface area contributed by atoms with Crippen molar-refractivity contribution in [3.8, 4) is 11.3 Å². The molecule has 0 unspecified atom stereocenters. The average Bonchev–Trinajstić information content (AvgIpc) is 2.77. The molecule has 1 N–H and O–H groups in total. The minimum absolute atomic E-state index is 0.00957. The van der Waals surface area contributed by atoms with Gasteiger partial charge in [-0.15, -0.1) is 0 Å². The van der Waals surface area contributed by atoms with E-state index in [1.807, 2.05) is 48.5 Å². The van der Waals surface area contributed by atoms with E-state index in [9.17, 15) is 14.0 Å². The fourth-order valence-electron chi connectivity index (χ4n) is 3.25. The second kappa shape index (κ2) is 8.47. The zero-order chi connectivity index (χ0) is 21.1. The maximum absolute atomic E-state index is 13.3. The Morgan fingerprint density at radius 2 is 1.77 bits per heavy atom. The van der Waals surface area contributed by atoms with Crippen LogP contribution in [0.2, 0.25) is 5.02 Å². The molecule has 150 valence electrons. The van der Waals surface area contributed by atoms with Gasteiger partial charge in [0.2, 0.25) is 5.91 Å². The van der Waals surface area contributed by atoms with Gasteiger partial charge >= 0.3 is 5.69 Å². The molecule has 3 aromatic carbocycles. The number of halogens is 2. The van der Waals surface area contributed by atoms with Crippen molar-refractivity contribution in [3.63, 3.8) is 0 Å². The minimum Gasteiger partial charge on any atom is -0.350 e. The van der Waals surface area contributed by atoms with Crippen molar-refractivity contribution in [1.29, 1.82) is 0 Å². The Bertz CT molecular complexity index is 1290. The number of nitrogens with zero attached hydrogens (tertiary/aromatic N) is 2. The molecular weight excluding hydrogens is 405 g/mol. The van der Waals surface area contributed by atoms with Gasteiger partial charge in [0.05, 0.1) is 16.2 Å². The van der Waals surface area contributed by atoms with Crippen LogP contribution >= 0.6 is 11.6 Å². The highest BCUT2D eigenvalue weighted by molar-refractivity contribution is 6.30. The van der Waals surface area contributed by atoms with Gasteiger partial charge < -0.3 is 5.32 Å². The molecule has 1 aromatic heterocycles. The van der Waals surface area contributed by atoms with Gasteiger partial charge in [-0.05, 0) is 23.8 Å². The summed E-state index contributed by atoms with van der Waals surface area (Å²) in [5.41, 5.74) is 2.18. The average molecular weight is 422 g/mol. The van der Waals surface area contributed by atoms with Crippen molar-refractivity contribution in [2.75, 3.05) is 0 Å². The van der Waals surface area contributed by atoms with Crippen LogP contribution in [-0.4, -0.2) is 15.5 Å². The number of benzene rings is 3. The Labute approximate surface area is 176 Å². The lowest BCUT2D eigenvalue weighted by molar-refractivity contribution is -0.121. The van der Waals surface area contributed by atoms with E-state index in [1.54, 1.807) is 12.1 Å². The van der Waals surface area contributed by atoms with Gasteiger partial charge in [-0.2, -0.15) is 4.98 Å². The third-order valence-corrected chi connectivity index (χ3v) is 5.00. The van der Waals surface area contributed by atoms with Crippen molar-refractivity contribution >= 4 is 28.4 Å². The molecule has 0 fully saturated rings. The largest absolute Gasteiger partial charge is 0.350 e. The van der Waals surface area contributed by atoms with Crippen molar-refractivity contribution in [3.05, 3.63) is 99.7 Å². The molecular formula is C23H17ClFN3O2. The van der Waals surface area contributed by atoms with Crippen LogP contribution in [0.4, 0.5) is 4.39 Å². The SMILES string of the molecule is O=C(Cn1c(=O)nc(-c2ccccc2)c2ccccc21)NCc1ccc(F)c(Cl)c1. The van der Waals surface area contributed by atoms with Crippen molar-refractivity contribution < 1.29 is 9.18 Å². The van der Waals surface area contributed by atoms with Gasteiger partial charge in [0.15, 0.2) is 0 Å². The van der Waals surface area contributed by atoms with Crippen LogP contribution in [0.25, 0.3) is 22.2 Å². The van der Waals surface area contributed by atoms with Crippen molar-refractivity contribution in [1.82, 2.24) is 14.9 Å². The molecule has 0 saturated heterocycles. The summed E-state index contributed by atoms with van der Waals surface area (Å²) in [5, 5.41) is 3.49. The Morgan fingerprint density at radius 3 is 2.53 bits per heavy atom. The van der Waals surface area contributed by atoms with E-state index in [1.165, 1.54) is 16.7 Å². The molecule has 0 aliphatic rings. The van der Waals surface area contributed by atoms with E-state index < -0.39 is 11.5 Å². The van der Waals surface area contributed by atoms with E-state index >= 15 is 0 Å². The van der Waals surface area contributed by atoms with Gasteiger partial charge in [0.25, 0.3) is 0 Å². The summed E-state index contributed by atoms with van der Waals surface area (Å²) in [6.45, 7) is -0.0165. The third-order valence-electron chi connectivity index (χ3n) is 4.71. The highest BCUT2D eigenvalue weighted by Crippen LogP contribution is 2.25. The number of nitrogens with one attached hydrogen (secondary N) is 1. The zero-order valence-corrected chi connectivity index (χ0v) is 16.6. The lowest BCUT2D eigenvalue weighted by Crippen LogP contribution is -2.33. The lowest BCUT2D eigenvalue weighted by atomic mass is 10.1. The van der Waals surface area contributed by atoms with Gasteiger partial charge in [-0.1, -0.05) is 66.2 Å². The molecule has 0 atom stereocenters. The molecule has 4 aromatic rings. The predicted molar refractivity (Wildman–Crippen MR) is 115 cm³/mol. The molecule has 1 heterocycles. The summed E-state index contributed by atoms with van der Waals surface area (Å²) in [4.78, 5) is 29.4. The summed E-state index contributed by atoms with van der Waals surface area (Å²) in [5.74, 6) is -0.883. The van der Waals surface area contributed by atoms with Crippen molar-refractivity contribution in [2.24, 2.45) is 0 Å². The number of hydrogen-bond acceptors (Lipinski definition) is 3. The normalized spacial score (nSPS) is 10.9.